The number of rotatable bonds is 7. The van der Waals surface area contributed by atoms with Gasteiger partial charge >= 0.3 is 5.97 Å². The number of nitrogens with two attached hydrogens (primary N) is 1. The molecule has 7 nitrogen and oxygen atoms in total. The van der Waals surface area contributed by atoms with Gasteiger partial charge in [0.05, 0.1) is 12.2 Å². The lowest BCUT2D eigenvalue weighted by Gasteiger charge is -2.14. The number of halogens is 1. The van der Waals surface area contributed by atoms with Crippen LogP contribution in [0.2, 0.25) is 5.02 Å². The number of nitrogen functional groups attached to an aromatic ring is 1. The van der Waals surface area contributed by atoms with Crippen LogP contribution in [0.15, 0.2) is 48.8 Å². The number of hydrogen-bond acceptors (Lipinski definition) is 7. The zero-order valence-electron chi connectivity index (χ0n) is 17.1. The Kier molecular flexibility index (Phi) is 6.74. The second-order valence-electron chi connectivity index (χ2n) is 7.22. The van der Waals surface area contributed by atoms with E-state index >= 15 is 0 Å². The van der Waals surface area contributed by atoms with Crippen molar-refractivity contribution in [2.45, 2.75) is 20.8 Å². The third-order valence-electron chi connectivity index (χ3n) is 4.34. The molecule has 0 aliphatic rings. The van der Waals surface area contributed by atoms with Gasteiger partial charge in [0.2, 0.25) is 0 Å². The van der Waals surface area contributed by atoms with E-state index in [1.54, 1.807) is 24.3 Å². The van der Waals surface area contributed by atoms with Crippen LogP contribution < -0.4 is 16.4 Å². The number of esters is 1. The molecule has 0 fully saturated rings. The molecule has 4 N–H and O–H groups in total. The highest BCUT2D eigenvalue weighted by Crippen LogP contribution is 2.31. The highest BCUT2D eigenvalue weighted by atomic mass is 35.5. The Morgan fingerprint density at radius 1 is 1.10 bits per heavy atom. The van der Waals surface area contributed by atoms with E-state index in [1.807, 2.05) is 39.0 Å². The molecule has 1 heterocycles. The molecule has 0 unspecified atom stereocenters. The Labute approximate surface area is 180 Å². The number of ether oxygens (including phenoxy) is 1. The Hall–Kier alpha value is -3.32. The minimum atomic E-state index is -0.347. The van der Waals surface area contributed by atoms with Crippen LogP contribution in [0.3, 0.4) is 0 Å². The van der Waals surface area contributed by atoms with E-state index < -0.39 is 0 Å². The summed E-state index contributed by atoms with van der Waals surface area (Å²) in [5.41, 5.74) is 9.53. The summed E-state index contributed by atoms with van der Waals surface area (Å²) < 4.78 is 5.24. The maximum atomic E-state index is 12.0. The lowest BCUT2D eigenvalue weighted by molar-refractivity contribution is 0.0459. The van der Waals surface area contributed by atoms with Gasteiger partial charge in [0.15, 0.2) is 11.6 Å². The summed E-state index contributed by atoms with van der Waals surface area (Å²) in [6.07, 6.45) is 1.42. The average molecular weight is 426 g/mol. The molecule has 156 valence electrons. The quantitative estimate of drug-likeness (QED) is 0.440. The minimum absolute atomic E-state index is 0.286. The predicted molar refractivity (Wildman–Crippen MR) is 121 cm³/mol. The van der Waals surface area contributed by atoms with E-state index in [4.69, 9.17) is 22.1 Å². The first-order chi connectivity index (χ1) is 14.3. The normalized spacial score (nSPS) is 10.7. The molecular weight excluding hydrogens is 402 g/mol. The van der Waals surface area contributed by atoms with Crippen molar-refractivity contribution in [1.82, 2.24) is 9.97 Å². The zero-order valence-corrected chi connectivity index (χ0v) is 17.8. The van der Waals surface area contributed by atoms with Crippen molar-refractivity contribution in [3.8, 4) is 0 Å². The molecule has 0 spiro atoms. The van der Waals surface area contributed by atoms with Gasteiger partial charge in [0.25, 0.3) is 0 Å². The van der Waals surface area contributed by atoms with Crippen LogP contribution in [0, 0.1) is 12.8 Å². The average Bonchev–Trinajstić information content (AvgIpc) is 2.73. The van der Waals surface area contributed by atoms with E-state index in [1.165, 1.54) is 6.33 Å². The SMILES string of the molecule is Cc1c(Cl)cccc1Nc1ncnc(Nc2ccc(C(=O)OCC(C)C)cc2)c1N. The number of nitrogens with zero attached hydrogens (tertiary/aromatic N) is 2. The number of nitrogens with one attached hydrogen (secondary N) is 2. The van der Waals surface area contributed by atoms with Gasteiger partial charge in [-0.2, -0.15) is 0 Å². The fourth-order valence-corrected chi connectivity index (χ4v) is 2.79. The van der Waals surface area contributed by atoms with Crippen molar-refractivity contribution in [1.29, 1.82) is 0 Å². The number of carbonyl (C=O) groups is 1. The summed E-state index contributed by atoms with van der Waals surface area (Å²) in [5.74, 6) is 0.850. The summed E-state index contributed by atoms with van der Waals surface area (Å²) in [6.45, 7) is 6.28. The molecule has 0 amide bonds. The second-order valence-corrected chi connectivity index (χ2v) is 7.62. The zero-order chi connectivity index (χ0) is 21.7. The fourth-order valence-electron chi connectivity index (χ4n) is 2.62. The molecule has 1 aromatic heterocycles. The summed E-state index contributed by atoms with van der Waals surface area (Å²) in [5, 5.41) is 6.99. The largest absolute Gasteiger partial charge is 0.462 e. The monoisotopic (exact) mass is 425 g/mol. The van der Waals surface area contributed by atoms with Gasteiger partial charge in [-0.15, -0.1) is 0 Å². The standard InChI is InChI=1S/C22H24ClN5O2/c1-13(2)11-30-22(29)15-7-9-16(10-8-15)27-20-19(24)21(26-12-25-20)28-18-6-4-5-17(23)14(18)3/h4-10,12-13H,11,24H2,1-3H3,(H2,25,26,27,28). The Bertz CT molecular complexity index is 1040. The summed E-state index contributed by atoms with van der Waals surface area (Å²) in [4.78, 5) is 20.5. The van der Waals surface area contributed by atoms with Crippen LogP contribution in [0.1, 0.15) is 29.8 Å². The third-order valence-corrected chi connectivity index (χ3v) is 4.75. The smallest absolute Gasteiger partial charge is 0.338 e. The summed E-state index contributed by atoms with van der Waals surface area (Å²) >= 11 is 6.18. The maximum absolute atomic E-state index is 12.0. The van der Waals surface area contributed by atoms with Crippen LogP contribution in [0.5, 0.6) is 0 Å². The number of carbonyl (C=O) groups excluding carboxylic acids is 1. The van der Waals surface area contributed by atoms with Crippen molar-refractivity contribution < 1.29 is 9.53 Å². The van der Waals surface area contributed by atoms with E-state index in [9.17, 15) is 4.79 Å². The molecule has 0 saturated carbocycles. The lowest BCUT2D eigenvalue weighted by atomic mass is 10.2. The third kappa shape index (κ3) is 5.18. The van der Waals surface area contributed by atoms with Crippen molar-refractivity contribution in [2.75, 3.05) is 23.0 Å². The number of benzene rings is 2. The number of anilines is 5. The Morgan fingerprint density at radius 3 is 2.43 bits per heavy atom. The van der Waals surface area contributed by atoms with Gasteiger partial charge in [-0.05, 0) is 54.8 Å². The van der Waals surface area contributed by atoms with Crippen LogP contribution in [-0.2, 0) is 4.74 Å². The van der Waals surface area contributed by atoms with E-state index in [0.717, 1.165) is 16.9 Å². The van der Waals surface area contributed by atoms with Crippen molar-refractivity contribution >= 4 is 46.3 Å². The number of aromatic nitrogens is 2. The second kappa shape index (κ2) is 9.45. The van der Waals surface area contributed by atoms with Gasteiger partial charge < -0.3 is 21.1 Å². The molecule has 0 radical (unpaired) electrons. The number of hydrogen-bond donors (Lipinski definition) is 3. The molecule has 0 saturated heterocycles. The van der Waals surface area contributed by atoms with E-state index in [0.29, 0.717) is 34.5 Å². The Balaban J connectivity index is 1.74. The van der Waals surface area contributed by atoms with Gasteiger partial charge in [0.1, 0.15) is 12.0 Å². The fraction of sp³-hybridized carbons (Fsp3) is 0.227. The van der Waals surface area contributed by atoms with Crippen LogP contribution in [0.4, 0.5) is 28.7 Å². The van der Waals surface area contributed by atoms with Crippen molar-refractivity contribution in [3.63, 3.8) is 0 Å². The molecule has 0 atom stereocenters. The molecule has 0 aliphatic carbocycles. The first-order valence-electron chi connectivity index (χ1n) is 9.52. The molecule has 0 bridgehead atoms. The minimum Gasteiger partial charge on any atom is -0.462 e. The van der Waals surface area contributed by atoms with Crippen LogP contribution in [0.25, 0.3) is 0 Å². The predicted octanol–water partition coefficient (Wildman–Crippen LogP) is 5.32. The van der Waals surface area contributed by atoms with Gasteiger partial charge in [-0.25, -0.2) is 14.8 Å². The first-order valence-corrected chi connectivity index (χ1v) is 9.89. The maximum Gasteiger partial charge on any atom is 0.338 e. The molecule has 30 heavy (non-hydrogen) atoms. The van der Waals surface area contributed by atoms with E-state index in [2.05, 4.69) is 20.6 Å². The van der Waals surface area contributed by atoms with Crippen LogP contribution >= 0.6 is 11.6 Å². The lowest BCUT2D eigenvalue weighted by Crippen LogP contribution is -2.10. The van der Waals surface area contributed by atoms with Gasteiger partial charge in [-0.3, -0.25) is 0 Å². The van der Waals surface area contributed by atoms with Crippen molar-refractivity contribution in [2.24, 2.45) is 5.92 Å². The molecule has 3 aromatic rings. The summed E-state index contributed by atoms with van der Waals surface area (Å²) in [6, 6.07) is 12.5. The van der Waals surface area contributed by atoms with E-state index in [-0.39, 0.29) is 11.9 Å². The van der Waals surface area contributed by atoms with Gasteiger partial charge in [-0.1, -0.05) is 31.5 Å². The summed E-state index contributed by atoms with van der Waals surface area (Å²) in [7, 11) is 0. The molecule has 8 heteroatoms. The molecule has 2 aromatic carbocycles. The van der Waals surface area contributed by atoms with Crippen LogP contribution in [-0.4, -0.2) is 22.5 Å². The van der Waals surface area contributed by atoms with Crippen molar-refractivity contribution in [3.05, 3.63) is 64.9 Å². The molecule has 3 rings (SSSR count). The topological polar surface area (TPSA) is 102 Å². The van der Waals surface area contributed by atoms with Gasteiger partial charge in [0, 0.05) is 16.4 Å². The first kappa shape index (κ1) is 21.4. The highest BCUT2D eigenvalue weighted by molar-refractivity contribution is 6.31. The molecular formula is C22H24ClN5O2. The molecule has 0 aliphatic heterocycles. The Morgan fingerprint density at radius 2 is 1.77 bits per heavy atom. The highest BCUT2D eigenvalue weighted by Gasteiger charge is 2.12.